The summed E-state index contributed by atoms with van der Waals surface area (Å²) in [4.78, 5) is 24.5. The van der Waals surface area contributed by atoms with E-state index in [1.807, 2.05) is 12.1 Å². The maximum Gasteiger partial charge on any atom is 0.343 e. The van der Waals surface area contributed by atoms with Crippen molar-refractivity contribution < 1.29 is 28.0 Å². The number of nitrogens with one attached hydrogen (secondary N) is 1. The van der Waals surface area contributed by atoms with Crippen molar-refractivity contribution in [2.45, 2.75) is 17.4 Å². The molecule has 1 aliphatic heterocycles. The van der Waals surface area contributed by atoms with Crippen LogP contribution in [0.5, 0.6) is 5.75 Å². The summed E-state index contributed by atoms with van der Waals surface area (Å²) in [5.41, 5.74) is 3.30. The van der Waals surface area contributed by atoms with E-state index in [0.717, 1.165) is 9.87 Å². The highest BCUT2D eigenvalue weighted by Gasteiger charge is 2.40. The van der Waals surface area contributed by atoms with E-state index in [2.05, 4.69) is 0 Å². The van der Waals surface area contributed by atoms with Gasteiger partial charge in [-0.15, -0.1) is 0 Å². The van der Waals surface area contributed by atoms with E-state index in [-0.39, 0.29) is 17.2 Å². The Bertz CT molecular complexity index is 1240. The van der Waals surface area contributed by atoms with Gasteiger partial charge in [-0.3, -0.25) is 10.0 Å². The van der Waals surface area contributed by atoms with Crippen molar-refractivity contribution in [1.82, 2.24) is 9.79 Å². The molecule has 32 heavy (non-hydrogen) atoms. The van der Waals surface area contributed by atoms with Crippen molar-refractivity contribution in [2.24, 2.45) is 0 Å². The summed E-state index contributed by atoms with van der Waals surface area (Å²) >= 11 is 0. The van der Waals surface area contributed by atoms with Crippen molar-refractivity contribution in [3.05, 3.63) is 95.6 Å². The average molecular weight is 452 g/mol. The quantitative estimate of drug-likeness (QED) is 0.266. The zero-order chi connectivity index (χ0) is 22.7. The Labute approximate surface area is 185 Å². The van der Waals surface area contributed by atoms with E-state index < -0.39 is 27.9 Å². The summed E-state index contributed by atoms with van der Waals surface area (Å²) in [6.45, 7) is 0.0716. The molecule has 9 heteroatoms. The van der Waals surface area contributed by atoms with Crippen molar-refractivity contribution in [3.8, 4) is 5.75 Å². The van der Waals surface area contributed by atoms with Crippen molar-refractivity contribution in [1.29, 1.82) is 0 Å². The lowest BCUT2D eigenvalue weighted by molar-refractivity contribution is -0.133. The number of hydrogen-bond donors (Lipinski definition) is 2. The van der Waals surface area contributed by atoms with Crippen LogP contribution in [0.1, 0.15) is 27.5 Å². The Kier molecular flexibility index (Phi) is 6.04. The molecule has 0 bridgehead atoms. The minimum absolute atomic E-state index is 0.0628. The van der Waals surface area contributed by atoms with Crippen molar-refractivity contribution in [3.63, 3.8) is 0 Å². The van der Waals surface area contributed by atoms with Crippen molar-refractivity contribution in [2.75, 3.05) is 6.54 Å². The van der Waals surface area contributed by atoms with Gasteiger partial charge in [0.2, 0.25) is 10.0 Å². The van der Waals surface area contributed by atoms with Gasteiger partial charge in [-0.05, 0) is 53.9 Å². The van der Waals surface area contributed by atoms with Gasteiger partial charge in [-0.2, -0.15) is 4.31 Å². The summed E-state index contributed by atoms with van der Waals surface area (Å²) in [5.74, 6) is -1.21. The third-order valence-corrected chi connectivity index (χ3v) is 7.13. The van der Waals surface area contributed by atoms with E-state index >= 15 is 0 Å². The monoisotopic (exact) mass is 452 g/mol. The normalized spacial score (nSPS) is 16.1. The molecule has 0 fully saturated rings. The second-order valence-electron chi connectivity index (χ2n) is 7.17. The van der Waals surface area contributed by atoms with Gasteiger partial charge in [0.25, 0.3) is 5.91 Å². The number of fused-ring (bicyclic) bond motifs is 1. The zero-order valence-corrected chi connectivity index (χ0v) is 17.7. The first-order chi connectivity index (χ1) is 15.4. The zero-order valence-electron chi connectivity index (χ0n) is 16.8. The molecule has 0 saturated carbocycles. The maximum absolute atomic E-state index is 13.3. The van der Waals surface area contributed by atoms with Gasteiger partial charge in [0.1, 0.15) is 11.8 Å². The third-order valence-electron chi connectivity index (χ3n) is 5.25. The molecular formula is C23H20N2O6S. The molecule has 1 amide bonds. The lowest BCUT2D eigenvalue weighted by Crippen LogP contribution is -2.46. The van der Waals surface area contributed by atoms with Crippen LogP contribution in [0.25, 0.3) is 0 Å². The van der Waals surface area contributed by atoms with Gasteiger partial charge in [0.15, 0.2) is 0 Å². The topological polar surface area (TPSA) is 113 Å². The predicted octanol–water partition coefficient (Wildman–Crippen LogP) is 2.70. The second kappa shape index (κ2) is 8.91. The molecule has 164 valence electrons. The smallest absolute Gasteiger partial charge is 0.343 e. The van der Waals surface area contributed by atoms with Gasteiger partial charge in [-0.25, -0.2) is 18.7 Å². The standard InChI is InChI=1S/C23H20N2O6S/c26-22(24-28)21-20-9-5-4-6-16(20)14-15-25(21)32(29,30)19-12-10-18(11-13-19)31-23(27)17-7-2-1-3-8-17/h1-13,21,28H,14-15H2,(H,24,26)/t21-/m1/s1. The van der Waals surface area contributed by atoms with E-state index in [1.54, 1.807) is 47.9 Å². The predicted molar refractivity (Wildman–Crippen MR) is 115 cm³/mol. The first-order valence-corrected chi connectivity index (χ1v) is 11.3. The Balaban J connectivity index is 1.60. The summed E-state index contributed by atoms with van der Waals surface area (Å²) in [7, 11) is -4.09. The molecule has 0 saturated heterocycles. The Morgan fingerprint density at radius 2 is 1.59 bits per heavy atom. The molecule has 1 aliphatic rings. The lowest BCUT2D eigenvalue weighted by Gasteiger charge is -2.34. The van der Waals surface area contributed by atoms with Crippen LogP contribution in [0.3, 0.4) is 0 Å². The van der Waals surface area contributed by atoms with Gasteiger partial charge in [0.05, 0.1) is 10.5 Å². The van der Waals surface area contributed by atoms with Crippen LogP contribution in [-0.2, 0) is 21.2 Å². The summed E-state index contributed by atoms with van der Waals surface area (Å²) in [6, 6.07) is 19.6. The van der Waals surface area contributed by atoms with Crippen LogP contribution < -0.4 is 10.2 Å². The second-order valence-corrected chi connectivity index (χ2v) is 9.06. The number of esters is 1. The highest BCUT2D eigenvalue weighted by Crippen LogP contribution is 2.34. The summed E-state index contributed by atoms with van der Waals surface area (Å²) in [5, 5.41) is 9.21. The first kappa shape index (κ1) is 21.7. The molecular weight excluding hydrogens is 432 g/mol. The lowest BCUT2D eigenvalue weighted by atomic mass is 9.94. The van der Waals surface area contributed by atoms with Crippen LogP contribution in [0.2, 0.25) is 0 Å². The molecule has 0 spiro atoms. The highest BCUT2D eigenvalue weighted by molar-refractivity contribution is 7.89. The molecule has 4 rings (SSSR count). The first-order valence-electron chi connectivity index (χ1n) is 9.82. The molecule has 2 N–H and O–H groups in total. The maximum atomic E-state index is 13.3. The number of nitrogens with zero attached hydrogens (tertiary/aromatic N) is 1. The van der Waals surface area contributed by atoms with Gasteiger partial charge < -0.3 is 4.74 Å². The minimum Gasteiger partial charge on any atom is -0.423 e. The Hall–Kier alpha value is -3.53. The van der Waals surface area contributed by atoms with E-state index in [1.165, 1.54) is 24.3 Å². The van der Waals surface area contributed by atoms with Gasteiger partial charge in [-0.1, -0.05) is 42.5 Å². The van der Waals surface area contributed by atoms with Crippen LogP contribution in [0.15, 0.2) is 83.8 Å². The Morgan fingerprint density at radius 1 is 0.938 bits per heavy atom. The van der Waals surface area contributed by atoms with Gasteiger partial charge >= 0.3 is 5.97 Å². The molecule has 0 aliphatic carbocycles. The number of hydrogen-bond acceptors (Lipinski definition) is 6. The molecule has 0 unspecified atom stereocenters. The number of carbonyl (C=O) groups is 2. The summed E-state index contributed by atoms with van der Waals surface area (Å²) < 4.78 is 33.0. The summed E-state index contributed by atoms with van der Waals surface area (Å²) in [6.07, 6.45) is 0.428. The largest absolute Gasteiger partial charge is 0.423 e. The molecule has 1 heterocycles. The number of hydroxylamine groups is 1. The molecule has 0 radical (unpaired) electrons. The van der Waals surface area contributed by atoms with Gasteiger partial charge in [0, 0.05) is 6.54 Å². The number of sulfonamides is 1. The molecule has 3 aromatic carbocycles. The molecule has 1 atom stereocenters. The fourth-order valence-corrected chi connectivity index (χ4v) is 5.26. The number of amides is 1. The number of carbonyl (C=O) groups excluding carboxylic acids is 2. The fourth-order valence-electron chi connectivity index (χ4n) is 3.69. The van der Waals surface area contributed by atoms with E-state index in [0.29, 0.717) is 17.5 Å². The fraction of sp³-hybridized carbons (Fsp3) is 0.130. The SMILES string of the molecule is O=C(Oc1ccc(S(=O)(=O)N2CCc3ccccc3[C@@H]2C(=O)NO)cc1)c1ccccc1. The number of benzene rings is 3. The van der Waals surface area contributed by atoms with Crippen LogP contribution >= 0.6 is 0 Å². The van der Waals surface area contributed by atoms with E-state index in [4.69, 9.17) is 4.74 Å². The van der Waals surface area contributed by atoms with Crippen LogP contribution in [-0.4, -0.2) is 36.4 Å². The third kappa shape index (κ3) is 4.13. The number of rotatable bonds is 5. The highest BCUT2D eigenvalue weighted by atomic mass is 32.2. The van der Waals surface area contributed by atoms with Crippen LogP contribution in [0, 0.1) is 0 Å². The van der Waals surface area contributed by atoms with Crippen LogP contribution in [0.4, 0.5) is 0 Å². The molecule has 8 nitrogen and oxygen atoms in total. The number of ether oxygens (including phenoxy) is 1. The molecule has 0 aromatic heterocycles. The van der Waals surface area contributed by atoms with E-state index in [9.17, 15) is 23.2 Å². The molecule has 3 aromatic rings. The average Bonchev–Trinajstić information content (AvgIpc) is 2.83. The van der Waals surface area contributed by atoms with Crippen molar-refractivity contribution >= 4 is 21.9 Å². The Morgan fingerprint density at radius 3 is 2.28 bits per heavy atom. The minimum atomic E-state index is -4.09.